The van der Waals surface area contributed by atoms with Gasteiger partial charge in [0.05, 0.1) is 17.2 Å². The average molecular weight is 272 g/mol. The molecule has 5 heteroatoms. The van der Waals surface area contributed by atoms with E-state index in [0.29, 0.717) is 26.1 Å². The Balaban J connectivity index is 2.60. The number of hydrogen-bond acceptors (Lipinski definition) is 4. The van der Waals surface area contributed by atoms with Crippen molar-refractivity contribution in [3.8, 4) is 0 Å². The van der Waals surface area contributed by atoms with Crippen LogP contribution in [0.15, 0.2) is 0 Å². The molecule has 1 fully saturated rings. The number of hydrogen-bond donors (Lipinski definition) is 1. The molecule has 0 radical (unpaired) electrons. The summed E-state index contributed by atoms with van der Waals surface area (Å²) >= 11 is 0. The molecule has 1 unspecified atom stereocenters. The Morgan fingerprint density at radius 3 is 2.32 bits per heavy atom. The summed E-state index contributed by atoms with van der Waals surface area (Å²) in [6.45, 7) is 9.84. The van der Waals surface area contributed by atoms with Crippen LogP contribution < -0.4 is 5.73 Å². The van der Waals surface area contributed by atoms with E-state index in [-0.39, 0.29) is 17.1 Å². The van der Waals surface area contributed by atoms with Crippen molar-refractivity contribution in [2.45, 2.75) is 57.8 Å². The van der Waals surface area contributed by atoms with Crippen LogP contribution in [0.4, 0.5) is 0 Å². The van der Waals surface area contributed by atoms with Gasteiger partial charge in [-0.1, -0.05) is 0 Å². The minimum Gasteiger partial charge on any atom is -0.385 e. The van der Waals surface area contributed by atoms with Crippen molar-refractivity contribution >= 4 is 5.91 Å². The molecule has 0 spiro atoms. The highest BCUT2D eigenvalue weighted by molar-refractivity contribution is 5.81. The smallest absolute Gasteiger partial charge is 0.239 e. The molecule has 0 aromatic rings. The Labute approximate surface area is 116 Å². The summed E-state index contributed by atoms with van der Waals surface area (Å²) in [5, 5.41) is 0. The van der Waals surface area contributed by atoms with E-state index in [1.165, 1.54) is 0 Å². The summed E-state index contributed by atoms with van der Waals surface area (Å²) in [6.07, 6.45) is 1.46. The third-order valence-corrected chi connectivity index (χ3v) is 3.19. The maximum Gasteiger partial charge on any atom is 0.239 e. The van der Waals surface area contributed by atoms with E-state index in [9.17, 15) is 4.79 Å². The number of morpholine rings is 1. The van der Waals surface area contributed by atoms with Crippen molar-refractivity contribution in [1.29, 1.82) is 0 Å². The molecule has 2 N–H and O–H groups in total. The Kier molecular flexibility index (Phi) is 5.35. The van der Waals surface area contributed by atoms with Crippen LogP contribution >= 0.6 is 0 Å². The molecule has 1 heterocycles. The first-order valence-electron chi connectivity index (χ1n) is 6.90. The van der Waals surface area contributed by atoms with Crippen molar-refractivity contribution in [3.05, 3.63) is 0 Å². The number of ether oxygens (including phenoxy) is 2. The minimum atomic E-state index is -0.445. The third-order valence-electron chi connectivity index (χ3n) is 3.19. The van der Waals surface area contributed by atoms with Gasteiger partial charge >= 0.3 is 0 Å². The highest BCUT2D eigenvalue weighted by Crippen LogP contribution is 2.28. The van der Waals surface area contributed by atoms with Crippen molar-refractivity contribution < 1.29 is 14.3 Å². The molecule has 0 bridgehead atoms. The zero-order chi connectivity index (χ0) is 14.7. The Bertz CT molecular complexity index is 300. The molecule has 1 aliphatic heterocycles. The fourth-order valence-corrected chi connectivity index (χ4v) is 2.75. The number of rotatable bonds is 5. The van der Waals surface area contributed by atoms with Gasteiger partial charge in [-0.3, -0.25) is 4.79 Å². The number of methoxy groups -OCH3 is 1. The second kappa shape index (κ2) is 6.20. The van der Waals surface area contributed by atoms with Crippen molar-refractivity contribution in [1.82, 2.24) is 4.90 Å². The number of nitrogens with zero attached hydrogens (tertiary/aromatic N) is 1. The predicted molar refractivity (Wildman–Crippen MR) is 74.9 cm³/mol. The SMILES string of the molecule is COCCCC(N)C(=O)N1CC(C)(C)OC(C)(C)C1. The lowest BCUT2D eigenvalue weighted by molar-refractivity contribution is -0.188. The molecule has 19 heavy (non-hydrogen) atoms. The van der Waals surface area contributed by atoms with Gasteiger partial charge in [0.15, 0.2) is 0 Å². The molecule has 0 aliphatic carbocycles. The molecule has 1 rings (SSSR count). The van der Waals surface area contributed by atoms with E-state index in [1.807, 2.05) is 32.6 Å². The second-order valence-corrected chi connectivity index (χ2v) is 6.56. The van der Waals surface area contributed by atoms with Crippen LogP contribution in [-0.4, -0.2) is 54.9 Å². The third kappa shape index (κ3) is 5.09. The highest BCUT2D eigenvalue weighted by Gasteiger charge is 2.40. The van der Waals surface area contributed by atoms with Gasteiger partial charge in [-0.05, 0) is 40.5 Å². The molecule has 0 aromatic carbocycles. The van der Waals surface area contributed by atoms with Gasteiger partial charge in [0, 0.05) is 26.8 Å². The number of carbonyl (C=O) groups excluding carboxylic acids is 1. The van der Waals surface area contributed by atoms with E-state index in [2.05, 4.69) is 0 Å². The second-order valence-electron chi connectivity index (χ2n) is 6.56. The van der Waals surface area contributed by atoms with Gasteiger partial charge < -0.3 is 20.1 Å². The zero-order valence-electron chi connectivity index (χ0n) is 12.9. The standard InChI is InChI=1S/C14H28N2O3/c1-13(2)9-16(10-14(3,4)19-13)12(17)11(15)7-6-8-18-5/h11H,6-10,15H2,1-5H3. The first kappa shape index (κ1) is 16.4. The topological polar surface area (TPSA) is 64.8 Å². The van der Waals surface area contributed by atoms with E-state index in [1.54, 1.807) is 7.11 Å². The summed E-state index contributed by atoms with van der Waals surface area (Å²) in [7, 11) is 1.65. The van der Waals surface area contributed by atoms with Gasteiger partial charge in [0.2, 0.25) is 5.91 Å². The minimum absolute atomic E-state index is 0.0144. The highest BCUT2D eigenvalue weighted by atomic mass is 16.5. The summed E-state index contributed by atoms with van der Waals surface area (Å²) in [5.74, 6) is 0.0144. The first-order valence-corrected chi connectivity index (χ1v) is 6.90. The maximum atomic E-state index is 12.4. The zero-order valence-corrected chi connectivity index (χ0v) is 12.9. The maximum absolute atomic E-state index is 12.4. The lowest BCUT2D eigenvalue weighted by atomic mass is 9.98. The van der Waals surface area contributed by atoms with E-state index < -0.39 is 6.04 Å². The monoisotopic (exact) mass is 272 g/mol. The molecule has 1 atom stereocenters. The predicted octanol–water partition coefficient (Wildman–Crippen LogP) is 1.16. The van der Waals surface area contributed by atoms with Crippen LogP contribution in [-0.2, 0) is 14.3 Å². The van der Waals surface area contributed by atoms with E-state index in [0.717, 1.165) is 6.42 Å². The quantitative estimate of drug-likeness (QED) is 0.763. The van der Waals surface area contributed by atoms with Crippen molar-refractivity contribution in [3.63, 3.8) is 0 Å². The van der Waals surface area contributed by atoms with Gasteiger partial charge in [0.25, 0.3) is 0 Å². The first-order chi connectivity index (χ1) is 8.67. The lowest BCUT2D eigenvalue weighted by Crippen LogP contribution is -2.61. The van der Waals surface area contributed by atoms with Crippen LogP contribution in [0.3, 0.4) is 0 Å². The van der Waals surface area contributed by atoms with Gasteiger partial charge in [-0.25, -0.2) is 0 Å². The van der Waals surface area contributed by atoms with E-state index in [4.69, 9.17) is 15.2 Å². The van der Waals surface area contributed by atoms with Crippen LogP contribution in [0, 0.1) is 0 Å². The average Bonchev–Trinajstić information content (AvgIpc) is 2.24. The Hall–Kier alpha value is -0.650. The molecule has 112 valence electrons. The number of carbonyl (C=O) groups is 1. The van der Waals surface area contributed by atoms with Crippen LogP contribution in [0.25, 0.3) is 0 Å². The molecule has 1 amide bonds. The van der Waals surface area contributed by atoms with Crippen LogP contribution in [0.2, 0.25) is 0 Å². The lowest BCUT2D eigenvalue weighted by Gasteiger charge is -2.47. The Morgan fingerprint density at radius 2 is 1.84 bits per heavy atom. The normalized spacial score (nSPS) is 23.2. The fraction of sp³-hybridized carbons (Fsp3) is 0.929. The molecular weight excluding hydrogens is 244 g/mol. The molecule has 1 aliphatic rings. The largest absolute Gasteiger partial charge is 0.385 e. The summed E-state index contributed by atoms with van der Waals surface area (Å²) < 4.78 is 10.9. The van der Waals surface area contributed by atoms with Crippen molar-refractivity contribution in [2.75, 3.05) is 26.8 Å². The van der Waals surface area contributed by atoms with Gasteiger partial charge in [0.1, 0.15) is 0 Å². The van der Waals surface area contributed by atoms with E-state index >= 15 is 0 Å². The van der Waals surface area contributed by atoms with Crippen molar-refractivity contribution in [2.24, 2.45) is 5.73 Å². The number of amides is 1. The van der Waals surface area contributed by atoms with Gasteiger partial charge in [-0.2, -0.15) is 0 Å². The molecular formula is C14H28N2O3. The number of nitrogens with two attached hydrogens (primary N) is 1. The summed E-state index contributed by atoms with van der Waals surface area (Å²) in [4.78, 5) is 14.2. The van der Waals surface area contributed by atoms with Crippen LogP contribution in [0.1, 0.15) is 40.5 Å². The molecule has 0 aromatic heterocycles. The fourth-order valence-electron chi connectivity index (χ4n) is 2.75. The Morgan fingerprint density at radius 1 is 1.32 bits per heavy atom. The van der Waals surface area contributed by atoms with Gasteiger partial charge in [-0.15, -0.1) is 0 Å². The molecule has 5 nitrogen and oxygen atoms in total. The summed E-state index contributed by atoms with van der Waals surface area (Å²) in [5.41, 5.74) is 5.32. The molecule has 1 saturated heterocycles. The van der Waals surface area contributed by atoms with Crippen LogP contribution in [0.5, 0.6) is 0 Å². The summed E-state index contributed by atoms with van der Waals surface area (Å²) in [6, 6.07) is -0.445. The molecule has 0 saturated carbocycles.